The van der Waals surface area contributed by atoms with Gasteiger partial charge in [0.1, 0.15) is 5.76 Å². The van der Waals surface area contributed by atoms with Crippen molar-refractivity contribution in [3.63, 3.8) is 0 Å². The summed E-state index contributed by atoms with van der Waals surface area (Å²) in [4.78, 5) is 12.0. The van der Waals surface area contributed by atoms with Crippen LogP contribution in [0, 0.1) is 20.8 Å². The van der Waals surface area contributed by atoms with Crippen LogP contribution in [0.5, 0.6) is 0 Å². The van der Waals surface area contributed by atoms with Gasteiger partial charge in [-0.25, -0.2) is 13.1 Å². The molecule has 136 valence electrons. The van der Waals surface area contributed by atoms with Crippen molar-refractivity contribution >= 4 is 27.5 Å². The Kier molecular flexibility index (Phi) is 4.51. The van der Waals surface area contributed by atoms with Crippen LogP contribution in [0.2, 0.25) is 0 Å². The molecule has 1 amide bonds. The summed E-state index contributed by atoms with van der Waals surface area (Å²) >= 11 is 0. The maximum absolute atomic E-state index is 12.4. The molecule has 0 saturated heterocycles. The monoisotopic (exact) mass is 376 g/mol. The molecule has 2 N–H and O–H groups in total. The van der Waals surface area contributed by atoms with Gasteiger partial charge in [-0.05, 0) is 45.0 Å². The van der Waals surface area contributed by atoms with Gasteiger partial charge in [0.25, 0.3) is 15.9 Å². The lowest BCUT2D eigenvalue weighted by atomic mass is 10.3. The number of hydrogen-bond donors (Lipinski definition) is 2. The topological polar surface area (TPSA) is 127 Å². The molecule has 0 aliphatic rings. The standard InChI is InChI=1S/C16H16N4O5S/c1-9-8-14(19-24-9)15(21)17-12-4-6-13(7-5-12)26(22,23)20-16-10(2)11(3)18-25-16/h4-8,20H,1-3H3,(H,17,21). The molecule has 0 saturated carbocycles. The van der Waals surface area contributed by atoms with Crippen molar-refractivity contribution in [2.45, 2.75) is 25.7 Å². The summed E-state index contributed by atoms with van der Waals surface area (Å²) in [6.07, 6.45) is 0. The van der Waals surface area contributed by atoms with Gasteiger partial charge >= 0.3 is 0 Å². The summed E-state index contributed by atoms with van der Waals surface area (Å²) in [6, 6.07) is 7.17. The average molecular weight is 376 g/mol. The summed E-state index contributed by atoms with van der Waals surface area (Å²) in [5, 5.41) is 9.93. The molecule has 3 rings (SSSR count). The minimum Gasteiger partial charge on any atom is -0.361 e. The first-order chi connectivity index (χ1) is 12.3. The summed E-state index contributed by atoms with van der Waals surface area (Å²) in [5.74, 6) is 0.130. The van der Waals surface area contributed by atoms with Crippen LogP contribution in [0.4, 0.5) is 11.6 Å². The van der Waals surface area contributed by atoms with Crippen LogP contribution < -0.4 is 10.0 Å². The Labute approximate surface area is 149 Å². The third-order valence-electron chi connectivity index (χ3n) is 3.67. The van der Waals surface area contributed by atoms with Gasteiger partial charge in [-0.15, -0.1) is 0 Å². The quantitative estimate of drug-likeness (QED) is 0.700. The van der Waals surface area contributed by atoms with Crippen molar-refractivity contribution in [3.8, 4) is 0 Å². The molecule has 3 aromatic rings. The van der Waals surface area contributed by atoms with Crippen molar-refractivity contribution in [3.05, 3.63) is 53.0 Å². The number of sulfonamides is 1. The molecule has 1 aromatic carbocycles. The lowest BCUT2D eigenvalue weighted by molar-refractivity contribution is 0.101. The number of rotatable bonds is 5. The number of anilines is 2. The minimum atomic E-state index is -3.84. The van der Waals surface area contributed by atoms with E-state index in [1.54, 1.807) is 20.8 Å². The molecule has 2 heterocycles. The van der Waals surface area contributed by atoms with E-state index in [-0.39, 0.29) is 16.5 Å². The second-order valence-corrected chi connectivity index (χ2v) is 7.31. The zero-order chi connectivity index (χ0) is 18.9. The van der Waals surface area contributed by atoms with Gasteiger partial charge in [-0.1, -0.05) is 10.3 Å². The highest BCUT2D eigenvalue weighted by Crippen LogP contribution is 2.22. The predicted molar refractivity (Wildman–Crippen MR) is 92.4 cm³/mol. The molecular weight excluding hydrogens is 360 g/mol. The highest BCUT2D eigenvalue weighted by atomic mass is 32.2. The normalized spacial score (nSPS) is 11.3. The van der Waals surface area contributed by atoms with Crippen molar-refractivity contribution in [2.75, 3.05) is 10.0 Å². The molecule has 0 aliphatic carbocycles. The summed E-state index contributed by atoms with van der Waals surface area (Å²) in [5.41, 5.74) is 1.77. The molecule has 2 aromatic heterocycles. The summed E-state index contributed by atoms with van der Waals surface area (Å²) < 4.78 is 37.0. The number of aryl methyl sites for hydroxylation is 2. The zero-order valence-corrected chi connectivity index (χ0v) is 15.0. The molecule has 0 fully saturated rings. The summed E-state index contributed by atoms with van der Waals surface area (Å²) in [7, 11) is -3.84. The van der Waals surface area contributed by atoms with Gasteiger partial charge in [0.2, 0.25) is 5.88 Å². The first kappa shape index (κ1) is 17.7. The third kappa shape index (κ3) is 3.59. The lowest BCUT2D eigenvalue weighted by Crippen LogP contribution is -2.14. The maximum atomic E-state index is 12.4. The van der Waals surface area contributed by atoms with E-state index >= 15 is 0 Å². The Morgan fingerprint density at radius 3 is 2.27 bits per heavy atom. The van der Waals surface area contributed by atoms with Crippen molar-refractivity contribution in [1.29, 1.82) is 0 Å². The number of nitrogens with one attached hydrogen (secondary N) is 2. The largest absolute Gasteiger partial charge is 0.361 e. The smallest absolute Gasteiger partial charge is 0.277 e. The van der Waals surface area contributed by atoms with Crippen LogP contribution >= 0.6 is 0 Å². The molecule has 0 spiro atoms. The molecule has 0 radical (unpaired) electrons. The van der Waals surface area contributed by atoms with Crippen LogP contribution in [0.25, 0.3) is 0 Å². The molecule has 0 bridgehead atoms. The number of benzene rings is 1. The highest BCUT2D eigenvalue weighted by molar-refractivity contribution is 7.92. The Morgan fingerprint density at radius 1 is 1.04 bits per heavy atom. The molecule has 26 heavy (non-hydrogen) atoms. The van der Waals surface area contributed by atoms with Crippen LogP contribution in [0.15, 0.2) is 44.3 Å². The van der Waals surface area contributed by atoms with Gasteiger partial charge in [0.05, 0.1) is 10.6 Å². The fourth-order valence-electron chi connectivity index (χ4n) is 2.08. The number of aromatic nitrogens is 2. The van der Waals surface area contributed by atoms with E-state index in [9.17, 15) is 13.2 Å². The van der Waals surface area contributed by atoms with E-state index in [4.69, 9.17) is 9.05 Å². The Balaban J connectivity index is 1.74. The van der Waals surface area contributed by atoms with E-state index in [2.05, 4.69) is 20.4 Å². The second-order valence-electron chi connectivity index (χ2n) is 5.63. The molecule has 9 nitrogen and oxygen atoms in total. The SMILES string of the molecule is Cc1cc(C(=O)Nc2ccc(S(=O)(=O)Nc3onc(C)c3C)cc2)no1. The fraction of sp³-hybridized carbons (Fsp3) is 0.188. The van der Waals surface area contributed by atoms with Gasteiger partial charge < -0.3 is 14.4 Å². The highest BCUT2D eigenvalue weighted by Gasteiger charge is 2.19. The van der Waals surface area contributed by atoms with Gasteiger partial charge in [0, 0.05) is 17.3 Å². The number of nitrogens with zero attached hydrogens (tertiary/aromatic N) is 2. The predicted octanol–water partition coefficient (Wildman–Crippen LogP) is 2.64. The average Bonchev–Trinajstić information content (AvgIpc) is 3.16. The van der Waals surface area contributed by atoms with Crippen molar-refractivity contribution in [2.24, 2.45) is 0 Å². The Bertz CT molecular complexity index is 1050. The number of carbonyl (C=O) groups is 1. The molecule has 10 heteroatoms. The van der Waals surface area contributed by atoms with Crippen LogP contribution in [-0.2, 0) is 10.0 Å². The van der Waals surface area contributed by atoms with Crippen molar-refractivity contribution < 1.29 is 22.3 Å². The van der Waals surface area contributed by atoms with Gasteiger partial charge in [-0.3, -0.25) is 4.79 Å². The van der Waals surface area contributed by atoms with E-state index in [0.29, 0.717) is 22.7 Å². The summed E-state index contributed by atoms with van der Waals surface area (Å²) in [6.45, 7) is 5.09. The molecule has 0 atom stereocenters. The molecule has 0 unspecified atom stereocenters. The second kappa shape index (κ2) is 6.64. The molecular formula is C16H16N4O5S. The zero-order valence-electron chi connectivity index (χ0n) is 14.2. The van der Waals surface area contributed by atoms with Gasteiger partial charge in [-0.2, -0.15) is 0 Å². The van der Waals surface area contributed by atoms with Crippen LogP contribution in [-0.4, -0.2) is 24.6 Å². The van der Waals surface area contributed by atoms with E-state index in [0.717, 1.165) is 0 Å². The fourth-order valence-corrected chi connectivity index (χ4v) is 3.12. The first-order valence-corrected chi connectivity index (χ1v) is 9.05. The van der Waals surface area contributed by atoms with Gasteiger partial charge in [0.15, 0.2) is 5.69 Å². The van der Waals surface area contributed by atoms with E-state index in [1.165, 1.54) is 30.3 Å². The van der Waals surface area contributed by atoms with Crippen molar-refractivity contribution in [1.82, 2.24) is 10.3 Å². The van der Waals surface area contributed by atoms with E-state index < -0.39 is 15.9 Å². The molecule has 0 aliphatic heterocycles. The Morgan fingerprint density at radius 2 is 1.73 bits per heavy atom. The van der Waals surface area contributed by atoms with Crippen LogP contribution in [0.3, 0.4) is 0 Å². The number of carbonyl (C=O) groups excluding carboxylic acids is 1. The third-order valence-corrected chi connectivity index (χ3v) is 5.01. The first-order valence-electron chi connectivity index (χ1n) is 7.57. The number of amides is 1. The minimum absolute atomic E-state index is 0.0150. The van der Waals surface area contributed by atoms with Crippen LogP contribution in [0.1, 0.15) is 27.5 Å². The Hall–Kier alpha value is -3.14. The number of hydrogen-bond acceptors (Lipinski definition) is 7. The maximum Gasteiger partial charge on any atom is 0.277 e. The van der Waals surface area contributed by atoms with E-state index in [1.807, 2.05) is 0 Å². The lowest BCUT2D eigenvalue weighted by Gasteiger charge is -2.07.